The number of nitrogen functional groups attached to an aromatic ring is 1. The van der Waals surface area contributed by atoms with Crippen LogP contribution in [0.5, 0.6) is 0 Å². The quantitative estimate of drug-likeness (QED) is 0.792. The van der Waals surface area contributed by atoms with E-state index in [1.165, 1.54) is 36.7 Å². The minimum absolute atomic E-state index is 0. The molecule has 0 aliphatic rings. The Kier molecular flexibility index (Phi) is 2.92. The average molecular weight is 251 g/mol. The van der Waals surface area contributed by atoms with Gasteiger partial charge in [0.25, 0.3) is 10.0 Å². The van der Waals surface area contributed by atoms with Gasteiger partial charge in [-0.05, 0) is 30.3 Å². The smallest absolute Gasteiger partial charge is 0.399 e. The maximum atomic E-state index is 11.9. The Morgan fingerprint density at radius 2 is 1.71 bits per heavy atom. The first-order valence-electron chi connectivity index (χ1n) is 4.73. The van der Waals surface area contributed by atoms with Crippen LogP contribution < -0.4 is 10.5 Å². The molecular weight excluding hydrogens is 240 g/mol. The van der Waals surface area contributed by atoms with Crippen LogP contribution in [0.2, 0.25) is 0 Å². The molecule has 0 radical (unpaired) electrons. The van der Waals surface area contributed by atoms with E-state index in [0.717, 1.165) is 0 Å². The van der Waals surface area contributed by atoms with Crippen molar-refractivity contribution < 1.29 is 9.84 Å². The standard InChI is InChI=1S/C10H10N4O2S/c11-8-2-4-9(5-3-8)17(15,16)14-10-12-6-1-7-13-10/h1-7H,11H2,(H,12,13,14)/p+1. The number of nitrogens with one attached hydrogen (secondary N) is 1. The van der Waals surface area contributed by atoms with Gasteiger partial charge in [0, 0.05) is 18.1 Å². The molecule has 88 valence electrons. The van der Waals surface area contributed by atoms with Gasteiger partial charge in [0.15, 0.2) is 0 Å². The second-order valence-electron chi connectivity index (χ2n) is 3.25. The van der Waals surface area contributed by atoms with Gasteiger partial charge in [0.05, 0.1) is 4.90 Å². The number of rotatable bonds is 3. The fourth-order valence-corrected chi connectivity index (χ4v) is 2.14. The van der Waals surface area contributed by atoms with Crippen LogP contribution in [0.1, 0.15) is 1.43 Å². The highest BCUT2D eigenvalue weighted by Crippen LogP contribution is 2.14. The van der Waals surface area contributed by atoms with Gasteiger partial charge in [-0.25, -0.2) is 23.1 Å². The molecule has 1 heterocycles. The van der Waals surface area contributed by atoms with Crippen molar-refractivity contribution in [2.75, 3.05) is 10.5 Å². The van der Waals surface area contributed by atoms with E-state index in [1.54, 1.807) is 6.07 Å². The monoisotopic (exact) mass is 251 g/mol. The van der Waals surface area contributed by atoms with Gasteiger partial charge in [-0.15, -0.1) is 0 Å². The van der Waals surface area contributed by atoms with E-state index in [2.05, 4.69) is 14.7 Å². The van der Waals surface area contributed by atoms with Crippen LogP contribution >= 0.6 is 0 Å². The summed E-state index contributed by atoms with van der Waals surface area (Å²) in [5.74, 6) is 0.0318. The summed E-state index contributed by atoms with van der Waals surface area (Å²) in [7, 11) is -3.66. The summed E-state index contributed by atoms with van der Waals surface area (Å²) in [5.41, 5.74) is 5.98. The van der Waals surface area contributed by atoms with Gasteiger partial charge < -0.3 is 5.73 Å². The van der Waals surface area contributed by atoms with E-state index in [1.807, 2.05) is 0 Å². The Morgan fingerprint density at radius 1 is 1.12 bits per heavy atom. The highest BCUT2D eigenvalue weighted by atomic mass is 32.2. The van der Waals surface area contributed by atoms with E-state index in [-0.39, 0.29) is 12.3 Å². The molecule has 0 spiro atoms. The van der Waals surface area contributed by atoms with Crippen LogP contribution in [0.25, 0.3) is 0 Å². The second-order valence-corrected chi connectivity index (χ2v) is 4.93. The van der Waals surface area contributed by atoms with Crippen molar-refractivity contribution in [3.63, 3.8) is 0 Å². The van der Waals surface area contributed by atoms with Crippen LogP contribution in [0.15, 0.2) is 47.6 Å². The lowest BCUT2D eigenvalue weighted by atomic mass is 10.3. The maximum absolute atomic E-state index is 11.9. The average Bonchev–Trinajstić information content (AvgIpc) is 2.30. The van der Waals surface area contributed by atoms with E-state index < -0.39 is 10.0 Å². The fourth-order valence-electron chi connectivity index (χ4n) is 1.18. The Labute approximate surface area is 100 Å². The van der Waals surface area contributed by atoms with Crippen LogP contribution in [0.3, 0.4) is 0 Å². The third-order valence-electron chi connectivity index (χ3n) is 1.98. The van der Waals surface area contributed by atoms with Crippen molar-refractivity contribution in [1.82, 2.24) is 9.97 Å². The molecule has 0 fully saturated rings. The number of sulfonamides is 1. The number of hydrogen-bond donors (Lipinski definition) is 2. The molecule has 0 bridgehead atoms. The van der Waals surface area contributed by atoms with Crippen molar-refractivity contribution in [3.8, 4) is 0 Å². The van der Waals surface area contributed by atoms with Gasteiger partial charge >= 0.3 is 1.43 Å². The van der Waals surface area contributed by atoms with Crippen molar-refractivity contribution in [2.24, 2.45) is 0 Å². The van der Waals surface area contributed by atoms with Gasteiger partial charge in [0.2, 0.25) is 5.95 Å². The molecule has 1 aromatic heterocycles. The first-order valence-corrected chi connectivity index (χ1v) is 6.22. The van der Waals surface area contributed by atoms with Gasteiger partial charge in [-0.2, -0.15) is 0 Å². The molecule has 6 nitrogen and oxygen atoms in total. The third kappa shape index (κ3) is 2.70. The SMILES string of the molecule is Nc1ccc(S(=O)(=O)Nc2ncccn2)cc1.[H+]. The molecular formula is C10H11N4O2S+. The van der Waals surface area contributed by atoms with E-state index in [9.17, 15) is 8.42 Å². The number of nitrogens with two attached hydrogens (primary N) is 1. The lowest BCUT2D eigenvalue weighted by Gasteiger charge is -2.05. The Balaban J connectivity index is 0.00000162. The lowest BCUT2D eigenvalue weighted by Crippen LogP contribution is -2.14. The molecule has 0 aliphatic carbocycles. The summed E-state index contributed by atoms with van der Waals surface area (Å²) in [6.45, 7) is 0. The Morgan fingerprint density at radius 3 is 2.29 bits per heavy atom. The lowest BCUT2D eigenvalue weighted by molar-refractivity contribution is 0.601. The number of aromatic nitrogens is 2. The number of nitrogens with zero attached hydrogens (tertiary/aromatic N) is 2. The van der Waals surface area contributed by atoms with Crippen molar-refractivity contribution >= 4 is 21.7 Å². The van der Waals surface area contributed by atoms with Crippen molar-refractivity contribution in [3.05, 3.63) is 42.7 Å². The van der Waals surface area contributed by atoms with Crippen LogP contribution in [-0.4, -0.2) is 18.4 Å². The molecule has 7 heteroatoms. The molecule has 0 atom stereocenters. The molecule has 2 rings (SSSR count). The Bertz CT molecular complexity index is 602. The summed E-state index contributed by atoms with van der Waals surface area (Å²) >= 11 is 0. The molecule has 3 N–H and O–H groups in total. The summed E-state index contributed by atoms with van der Waals surface area (Å²) in [4.78, 5) is 7.67. The summed E-state index contributed by atoms with van der Waals surface area (Å²) < 4.78 is 26.0. The molecule has 0 saturated carbocycles. The van der Waals surface area contributed by atoms with Crippen LogP contribution in [-0.2, 0) is 10.0 Å². The summed E-state index contributed by atoms with van der Waals surface area (Å²) in [6.07, 6.45) is 2.90. The highest BCUT2D eigenvalue weighted by Gasteiger charge is 2.14. The van der Waals surface area contributed by atoms with Gasteiger partial charge in [-0.3, -0.25) is 0 Å². The van der Waals surface area contributed by atoms with Crippen molar-refractivity contribution in [2.45, 2.75) is 4.90 Å². The number of anilines is 2. The molecule has 1 aromatic carbocycles. The van der Waals surface area contributed by atoms with Crippen LogP contribution in [0.4, 0.5) is 11.6 Å². The highest BCUT2D eigenvalue weighted by molar-refractivity contribution is 7.92. The zero-order valence-corrected chi connectivity index (χ0v) is 9.55. The zero-order valence-electron chi connectivity index (χ0n) is 9.74. The summed E-state index contributed by atoms with van der Waals surface area (Å²) in [5, 5.41) is 0. The normalized spacial score (nSPS) is 11.1. The van der Waals surface area contributed by atoms with Gasteiger partial charge in [0.1, 0.15) is 0 Å². The first kappa shape index (κ1) is 11.3. The summed E-state index contributed by atoms with van der Waals surface area (Å²) in [6, 6.07) is 7.46. The zero-order chi connectivity index (χ0) is 12.3. The molecule has 0 saturated heterocycles. The predicted molar refractivity (Wildman–Crippen MR) is 64.8 cm³/mol. The molecule has 0 amide bonds. The van der Waals surface area contributed by atoms with E-state index in [4.69, 9.17) is 5.73 Å². The minimum Gasteiger partial charge on any atom is -0.399 e. The largest absolute Gasteiger partial charge is 1.00 e. The molecule has 17 heavy (non-hydrogen) atoms. The van der Waals surface area contributed by atoms with Gasteiger partial charge in [-0.1, -0.05) is 0 Å². The molecule has 0 unspecified atom stereocenters. The first-order chi connectivity index (χ1) is 8.08. The number of hydrogen-bond acceptors (Lipinski definition) is 5. The fraction of sp³-hybridized carbons (Fsp3) is 0. The molecule has 0 aliphatic heterocycles. The Hall–Kier alpha value is -2.15. The van der Waals surface area contributed by atoms with E-state index >= 15 is 0 Å². The second kappa shape index (κ2) is 4.38. The van der Waals surface area contributed by atoms with E-state index in [0.29, 0.717) is 5.69 Å². The third-order valence-corrected chi connectivity index (χ3v) is 3.33. The minimum atomic E-state index is -3.66. The topological polar surface area (TPSA) is 98.0 Å². The van der Waals surface area contributed by atoms with Crippen molar-refractivity contribution in [1.29, 1.82) is 0 Å². The maximum Gasteiger partial charge on any atom is 1.00 e. The molecule has 2 aromatic rings. The number of benzene rings is 1. The van der Waals surface area contributed by atoms with Crippen LogP contribution in [0, 0.1) is 0 Å². The predicted octanol–water partition coefficient (Wildman–Crippen LogP) is 0.972.